The normalized spacial score (nSPS) is 12.3. The number of ether oxygens (including phenoxy) is 1. The minimum absolute atomic E-state index is 0.0297. The molecule has 0 bridgehead atoms. The zero-order chi connectivity index (χ0) is 21.0. The summed E-state index contributed by atoms with van der Waals surface area (Å²) < 4.78 is 5.35. The summed E-state index contributed by atoms with van der Waals surface area (Å²) in [5.41, 5.74) is 4.93. The van der Waals surface area contributed by atoms with Gasteiger partial charge in [-0.3, -0.25) is 4.79 Å². The highest BCUT2D eigenvalue weighted by Crippen LogP contribution is 2.29. The van der Waals surface area contributed by atoms with Crippen molar-refractivity contribution >= 4 is 46.0 Å². The van der Waals surface area contributed by atoms with Crippen LogP contribution in [-0.2, 0) is 16.0 Å². The van der Waals surface area contributed by atoms with E-state index in [1.807, 2.05) is 49.1 Å². The van der Waals surface area contributed by atoms with E-state index in [0.29, 0.717) is 16.8 Å². The molecular weight excluding hydrogens is 406 g/mol. The number of benzene rings is 2. The quantitative estimate of drug-likeness (QED) is 0.495. The third-order valence-electron chi connectivity index (χ3n) is 4.82. The van der Waals surface area contributed by atoms with E-state index in [2.05, 4.69) is 23.0 Å². The van der Waals surface area contributed by atoms with E-state index in [4.69, 9.17) is 16.3 Å². The Bertz CT molecular complexity index is 1000. The lowest BCUT2D eigenvalue weighted by molar-refractivity contribution is -0.116. The lowest BCUT2D eigenvalue weighted by Gasteiger charge is -2.32. The lowest BCUT2D eigenvalue weighted by atomic mass is 10.0. The average Bonchev–Trinajstić information content (AvgIpc) is 3.10. The molecule has 0 spiro atoms. The number of H-pyrrole nitrogens is 1. The van der Waals surface area contributed by atoms with E-state index in [9.17, 15) is 4.79 Å². The molecule has 3 aromatic rings. The molecule has 0 radical (unpaired) electrons. The van der Waals surface area contributed by atoms with Crippen molar-refractivity contribution in [3.63, 3.8) is 0 Å². The minimum atomic E-state index is -0.0750. The molecular formula is C22H26ClN3O2S. The van der Waals surface area contributed by atoms with Gasteiger partial charge < -0.3 is 14.6 Å². The Morgan fingerprint density at radius 2 is 2.14 bits per heavy atom. The molecule has 1 aromatic heterocycles. The lowest BCUT2D eigenvalue weighted by Crippen LogP contribution is -2.43. The van der Waals surface area contributed by atoms with E-state index in [-0.39, 0.29) is 17.7 Å². The maximum atomic E-state index is 13.3. The molecule has 0 aliphatic carbocycles. The number of fused-ring (bicyclic) bond motifs is 1. The third-order valence-corrected chi connectivity index (χ3v) is 5.91. The van der Waals surface area contributed by atoms with Crippen LogP contribution in [0.25, 0.3) is 11.0 Å². The van der Waals surface area contributed by atoms with Crippen LogP contribution in [0.1, 0.15) is 25.0 Å². The first-order valence-corrected chi connectivity index (χ1v) is 11.0. The molecule has 2 aromatic carbocycles. The summed E-state index contributed by atoms with van der Waals surface area (Å²) in [5.74, 6) is 0.307. The highest BCUT2D eigenvalue weighted by Gasteiger charge is 2.25. The zero-order valence-corrected chi connectivity index (χ0v) is 18.7. The second-order valence-electron chi connectivity index (χ2n) is 7.00. The molecule has 154 valence electrons. The van der Waals surface area contributed by atoms with Crippen molar-refractivity contribution in [3.05, 3.63) is 52.5 Å². The van der Waals surface area contributed by atoms with Crippen molar-refractivity contribution < 1.29 is 9.53 Å². The summed E-state index contributed by atoms with van der Waals surface area (Å²) in [6, 6.07) is 11.6. The first kappa shape index (κ1) is 21.7. The number of anilines is 1. The summed E-state index contributed by atoms with van der Waals surface area (Å²) in [6.07, 6.45) is 0.859. The minimum Gasteiger partial charge on any atom is -0.383 e. The molecule has 1 N–H and O–H groups in total. The van der Waals surface area contributed by atoms with Crippen LogP contribution in [0.2, 0.25) is 5.02 Å². The largest absolute Gasteiger partial charge is 0.383 e. The van der Waals surface area contributed by atoms with Gasteiger partial charge in [-0.25, -0.2) is 4.98 Å². The highest BCUT2D eigenvalue weighted by atomic mass is 35.5. The van der Waals surface area contributed by atoms with Crippen LogP contribution in [0, 0.1) is 6.92 Å². The fraction of sp³-hybridized carbons (Fsp3) is 0.364. The van der Waals surface area contributed by atoms with Crippen molar-refractivity contribution in [3.8, 4) is 0 Å². The topological polar surface area (TPSA) is 58.2 Å². The van der Waals surface area contributed by atoms with E-state index >= 15 is 0 Å². The highest BCUT2D eigenvalue weighted by molar-refractivity contribution is 7.99. The number of thioether (sulfide) groups is 1. The molecule has 7 heteroatoms. The number of methoxy groups -OCH3 is 1. The second kappa shape index (κ2) is 9.65. The summed E-state index contributed by atoms with van der Waals surface area (Å²) in [7, 11) is 1.66. The van der Waals surface area contributed by atoms with Gasteiger partial charge in [0.25, 0.3) is 0 Å². The van der Waals surface area contributed by atoms with Gasteiger partial charge in [0.15, 0.2) is 5.16 Å². The summed E-state index contributed by atoms with van der Waals surface area (Å²) in [5, 5.41) is 1.36. The maximum Gasteiger partial charge on any atom is 0.237 e. The number of hydrogen-bond acceptors (Lipinski definition) is 4. The number of hydrogen-bond donors (Lipinski definition) is 1. The van der Waals surface area contributed by atoms with Crippen molar-refractivity contribution in [2.75, 3.05) is 24.4 Å². The first-order chi connectivity index (χ1) is 13.9. The Balaban J connectivity index is 1.85. The van der Waals surface area contributed by atoms with Gasteiger partial charge in [0.2, 0.25) is 5.91 Å². The fourth-order valence-electron chi connectivity index (χ4n) is 3.48. The maximum absolute atomic E-state index is 13.3. The molecule has 0 saturated carbocycles. The molecule has 0 saturated heterocycles. The molecule has 1 heterocycles. The number of rotatable bonds is 8. The Labute approximate surface area is 180 Å². The Kier molecular flexibility index (Phi) is 7.22. The Hall–Kier alpha value is -2.02. The smallest absolute Gasteiger partial charge is 0.237 e. The molecule has 29 heavy (non-hydrogen) atoms. The number of carbonyl (C=O) groups excluding carboxylic acids is 1. The van der Waals surface area contributed by atoms with Crippen molar-refractivity contribution in [2.24, 2.45) is 0 Å². The van der Waals surface area contributed by atoms with E-state index in [1.165, 1.54) is 11.8 Å². The van der Waals surface area contributed by atoms with Crippen LogP contribution < -0.4 is 4.90 Å². The number of carbonyl (C=O) groups is 1. The number of amides is 1. The van der Waals surface area contributed by atoms with Gasteiger partial charge in [-0.1, -0.05) is 48.5 Å². The van der Waals surface area contributed by atoms with Gasteiger partial charge in [-0.2, -0.15) is 0 Å². The summed E-state index contributed by atoms with van der Waals surface area (Å²) in [6.45, 7) is 6.64. The third kappa shape index (κ3) is 4.94. The molecule has 1 atom stereocenters. The number of halogens is 1. The van der Waals surface area contributed by atoms with Crippen molar-refractivity contribution in [2.45, 2.75) is 38.4 Å². The van der Waals surface area contributed by atoms with Gasteiger partial charge in [0.05, 0.1) is 35.1 Å². The predicted molar refractivity (Wildman–Crippen MR) is 121 cm³/mol. The van der Waals surface area contributed by atoms with E-state index < -0.39 is 0 Å². The molecule has 5 nitrogen and oxygen atoms in total. The fourth-order valence-corrected chi connectivity index (χ4v) is 4.40. The number of aromatic amines is 1. The predicted octanol–water partition coefficient (Wildman–Crippen LogP) is 5.25. The average molecular weight is 432 g/mol. The van der Waals surface area contributed by atoms with E-state index in [1.54, 1.807) is 7.11 Å². The SMILES string of the molecule is CCc1cccc(C)c1N(C(=O)CSc1nc2ccc(Cl)cc2[nH]1)C(C)COC. The standard InChI is InChI=1S/C22H26ClN3O2S/c1-5-16-8-6-7-14(2)21(16)26(15(3)12-28-4)20(27)13-29-22-24-18-10-9-17(23)11-19(18)25-22/h6-11,15H,5,12-13H2,1-4H3,(H,24,25). The van der Waals surface area contributed by atoms with Crippen LogP contribution in [0.5, 0.6) is 0 Å². The number of para-hydroxylation sites is 1. The molecule has 0 aliphatic rings. The Morgan fingerprint density at radius 3 is 2.86 bits per heavy atom. The second-order valence-corrected chi connectivity index (χ2v) is 8.40. The van der Waals surface area contributed by atoms with Crippen LogP contribution in [0.15, 0.2) is 41.6 Å². The van der Waals surface area contributed by atoms with Crippen LogP contribution in [0.3, 0.4) is 0 Å². The molecule has 3 rings (SSSR count). The zero-order valence-electron chi connectivity index (χ0n) is 17.2. The van der Waals surface area contributed by atoms with Crippen LogP contribution in [-0.4, -0.2) is 41.4 Å². The Morgan fingerprint density at radius 1 is 1.34 bits per heavy atom. The number of aryl methyl sites for hydroxylation is 2. The number of aromatic nitrogens is 2. The van der Waals surface area contributed by atoms with Gasteiger partial charge in [-0.05, 0) is 49.6 Å². The van der Waals surface area contributed by atoms with Gasteiger partial charge >= 0.3 is 0 Å². The number of nitrogens with zero attached hydrogens (tertiary/aromatic N) is 2. The van der Waals surface area contributed by atoms with Crippen LogP contribution in [0.4, 0.5) is 5.69 Å². The first-order valence-electron chi connectivity index (χ1n) is 9.62. The van der Waals surface area contributed by atoms with Gasteiger partial charge in [-0.15, -0.1) is 0 Å². The number of nitrogens with one attached hydrogen (secondary N) is 1. The molecule has 0 aliphatic heterocycles. The van der Waals surface area contributed by atoms with Crippen molar-refractivity contribution in [1.82, 2.24) is 9.97 Å². The van der Waals surface area contributed by atoms with Gasteiger partial charge in [0, 0.05) is 12.1 Å². The summed E-state index contributed by atoms with van der Waals surface area (Å²) in [4.78, 5) is 23.0. The molecule has 1 amide bonds. The molecule has 1 unspecified atom stereocenters. The van der Waals surface area contributed by atoms with Crippen molar-refractivity contribution in [1.29, 1.82) is 0 Å². The van der Waals surface area contributed by atoms with Gasteiger partial charge in [0.1, 0.15) is 0 Å². The van der Waals surface area contributed by atoms with E-state index in [0.717, 1.165) is 34.3 Å². The summed E-state index contributed by atoms with van der Waals surface area (Å²) >= 11 is 7.44. The van der Waals surface area contributed by atoms with Crippen LogP contribution >= 0.6 is 23.4 Å². The molecule has 0 fully saturated rings. The number of imidazole rings is 1. The monoisotopic (exact) mass is 431 g/mol.